The van der Waals surface area contributed by atoms with Gasteiger partial charge in [0.05, 0.1) is 19.7 Å². The lowest BCUT2D eigenvalue weighted by molar-refractivity contribution is -0.903. The molecule has 164 valence electrons. The minimum Gasteiger partial charge on any atom is -0.456 e. The molecule has 2 rings (SSSR count). The van der Waals surface area contributed by atoms with Gasteiger partial charge in [-0.2, -0.15) is 0 Å². The van der Waals surface area contributed by atoms with Crippen LogP contribution in [0.2, 0.25) is 0 Å². The smallest absolute Gasteiger partial charge is 0.338 e. The second-order valence-corrected chi connectivity index (χ2v) is 8.98. The number of rotatable bonds is 9. The van der Waals surface area contributed by atoms with Gasteiger partial charge in [0.25, 0.3) is 0 Å². The molecular weight excluding hydrogens is 386 g/mol. The van der Waals surface area contributed by atoms with E-state index in [0.29, 0.717) is 34.3 Å². The Balaban J connectivity index is 1.94. The zero-order valence-corrected chi connectivity index (χ0v) is 19.6. The van der Waals surface area contributed by atoms with Gasteiger partial charge < -0.3 is 9.22 Å². The van der Waals surface area contributed by atoms with Gasteiger partial charge in [-0.15, -0.1) is 0 Å². The number of quaternary nitrogens is 1. The molecule has 31 heavy (non-hydrogen) atoms. The number of hydrogen-bond donors (Lipinski definition) is 0. The summed E-state index contributed by atoms with van der Waals surface area (Å²) in [6.07, 6.45) is 1.87. The zero-order valence-electron chi connectivity index (χ0n) is 19.6. The van der Waals surface area contributed by atoms with Gasteiger partial charge in [-0.1, -0.05) is 65.7 Å². The van der Waals surface area contributed by atoms with E-state index in [2.05, 4.69) is 14.1 Å². The normalized spacial score (nSPS) is 10.9. The number of likely N-dealkylation sites (N-methyl/N-ethyl adjacent to an activating group) is 1. The molecule has 0 saturated carbocycles. The second-order valence-electron chi connectivity index (χ2n) is 8.98. The molecule has 4 nitrogen and oxygen atoms in total. The molecule has 4 heteroatoms. The zero-order chi connectivity index (χ0) is 23.0. The first-order chi connectivity index (χ1) is 14.6. The van der Waals surface area contributed by atoms with Crippen molar-refractivity contribution in [3.05, 3.63) is 94.1 Å². The Labute approximate surface area is 186 Å². The van der Waals surface area contributed by atoms with E-state index in [1.807, 2.05) is 88.4 Å². The van der Waals surface area contributed by atoms with Gasteiger partial charge in [-0.3, -0.25) is 4.79 Å². The maximum Gasteiger partial charge on any atom is 0.338 e. The minimum absolute atomic E-state index is 0.0271. The SMILES string of the molecule is CC(C)=CC(C(=O)OCC[N+](C)(C)Cc1ccc(C(=O)c2ccccc2)cc1)=C(C)C. The van der Waals surface area contributed by atoms with Gasteiger partial charge in [0.2, 0.25) is 0 Å². The number of allylic oxidation sites excluding steroid dienone is 2. The van der Waals surface area contributed by atoms with Crippen LogP contribution in [0.25, 0.3) is 0 Å². The first-order valence-electron chi connectivity index (χ1n) is 10.6. The number of benzene rings is 2. The Bertz CT molecular complexity index is 959. The monoisotopic (exact) mass is 420 g/mol. The van der Waals surface area contributed by atoms with E-state index < -0.39 is 0 Å². The maximum atomic E-state index is 12.6. The third-order valence-corrected chi connectivity index (χ3v) is 4.98. The molecule has 0 heterocycles. The number of esters is 1. The van der Waals surface area contributed by atoms with Gasteiger partial charge >= 0.3 is 5.97 Å². The fourth-order valence-corrected chi connectivity index (χ4v) is 3.25. The van der Waals surface area contributed by atoms with Crippen molar-refractivity contribution in [1.29, 1.82) is 0 Å². The molecule has 0 radical (unpaired) electrons. The Morgan fingerprint density at radius 1 is 0.871 bits per heavy atom. The van der Waals surface area contributed by atoms with Crippen molar-refractivity contribution in [1.82, 2.24) is 0 Å². The average Bonchev–Trinajstić information content (AvgIpc) is 2.72. The maximum absolute atomic E-state index is 12.6. The summed E-state index contributed by atoms with van der Waals surface area (Å²) in [6.45, 7) is 9.60. The first kappa shape index (κ1) is 24.3. The van der Waals surface area contributed by atoms with Crippen molar-refractivity contribution >= 4 is 11.8 Å². The van der Waals surface area contributed by atoms with Crippen LogP contribution in [0.5, 0.6) is 0 Å². The van der Waals surface area contributed by atoms with Crippen molar-refractivity contribution in [2.24, 2.45) is 0 Å². The number of carbonyl (C=O) groups is 2. The van der Waals surface area contributed by atoms with Gasteiger partial charge in [0.1, 0.15) is 19.7 Å². The van der Waals surface area contributed by atoms with Crippen LogP contribution in [0.1, 0.15) is 49.2 Å². The lowest BCUT2D eigenvalue weighted by Crippen LogP contribution is -2.41. The second kappa shape index (κ2) is 10.9. The van der Waals surface area contributed by atoms with Crippen LogP contribution >= 0.6 is 0 Å². The molecule has 0 amide bonds. The standard InChI is InChI=1S/C27H34NO3/c1-20(2)18-25(21(3)4)27(30)31-17-16-28(5,6)19-22-12-14-24(15-13-22)26(29)23-10-8-7-9-11-23/h7-15,18H,16-17,19H2,1-6H3/q+1. The highest BCUT2D eigenvalue weighted by molar-refractivity contribution is 6.08. The Morgan fingerprint density at radius 3 is 2.00 bits per heavy atom. The number of nitrogens with zero attached hydrogens (tertiary/aromatic N) is 1. The highest BCUT2D eigenvalue weighted by atomic mass is 16.5. The lowest BCUT2D eigenvalue weighted by Gasteiger charge is -2.29. The fourth-order valence-electron chi connectivity index (χ4n) is 3.25. The van der Waals surface area contributed by atoms with E-state index in [-0.39, 0.29) is 11.8 Å². The third kappa shape index (κ3) is 7.65. The van der Waals surface area contributed by atoms with Crippen molar-refractivity contribution in [2.75, 3.05) is 27.2 Å². The van der Waals surface area contributed by atoms with E-state index in [1.54, 1.807) is 0 Å². The summed E-state index contributed by atoms with van der Waals surface area (Å²) in [4.78, 5) is 25.0. The van der Waals surface area contributed by atoms with Crippen molar-refractivity contribution in [3.63, 3.8) is 0 Å². The average molecular weight is 421 g/mol. The summed E-state index contributed by atoms with van der Waals surface area (Å²) in [7, 11) is 4.21. The summed E-state index contributed by atoms with van der Waals surface area (Å²) in [5.74, 6) is -0.246. The quantitative estimate of drug-likeness (QED) is 0.181. The highest BCUT2D eigenvalue weighted by Crippen LogP contribution is 2.15. The molecule has 0 fully saturated rings. The largest absolute Gasteiger partial charge is 0.456 e. The molecule has 0 spiro atoms. The summed E-state index contributed by atoms with van der Waals surface area (Å²) in [5, 5.41) is 0. The van der Waals surface area contributed by atoms with E-state index in [4.69, 9.17) is 4.74 Å². The van der Waals surface area contributed by atoms with Crippen molar-refractivity contribution in [3.8, 4) is 0 Å². The van der Waals surface area contributed by atoms with Crippen LogP contribution in [0.15, 0.2) is 77.4 Å². The highest BCUT2D eigenvalue weighted by Gasteiger charge is 2.19. The number of hydrogen-bond acceptors (Lipinski definition) is 3. The molecule has 0 aliphatic rings. The van der Waals surface area contributed by atoms with Gasteiger partial charge in [0.15, 0.2) is 5.78 Å². The number of ether oxygens (including phenoxy) is 1. The Kier molecular flexibility index (Phi) is 8.52. The van der Waals surface area contributed by atoms with Crippen LogP contribution in [0.4, 0.5) is 0 Å². The molecule has 2 aromatic rings. The fraction of sp³-hybridized carbons (Fsp3) is 0.333. The van der Waals surface area contributed by atoms with E-state index >= 15 is 0 Å². The summed E-state index contributed by atoms with van der Waals surface area (Å²) >= 11 is 0. The lowest BCUT2D eigenvalue weighted by atomic mass is 10.0. The first-order valence-corrected chi connectivity index (χ1v) is 10.6. The molecule has 0 atom stereocenters. The van der Waals surface area contributed by atoms with E-state index in [1.165, 1.54) is 0 Å². The molecule has 0 aliphatic carbocycles. The molecule has 0 aromatic heterocycles. The van der Waals surface area contributed by atoms with Crippen LogP contribution in [-0.4, -0.2) is 43.5 Å². The summed E-state index contributed by atoms with van der Waals surface area (Å²) in [5.41, 5.74) is 5.16. The predicted molar refractivity (Wildman–Crippen MR) is 126 cm³/mol. The molecular formula is C27H34NO3+. The topological polar surface area (TPSA) is 43.4 Å². The van der Waals surface area contributed by atoms with Crippen molar-refractivity contribution < 1.29 is 18.8 Å². The summed E-state index contributed by atoms with van der Waals surface area (Å²) in [6, 6.07) is 17.1. The Hall–Kier alpha value is -2.98. The Morgan fingerprint density at radius 2 is 1.45 bits per heavy atom. The van der Waals surface area contributed by atoms with Gasteiger partial charge in [0, 0.05) is 16.7 Å². The number of ketones is 1. The van der Waals surface area contributed by atoms with Crippen LogP contribution in [0.3, 0.4) is 0 Å². The minimum atomic E-state index is -0.273. The van der Waals surface area contributed by atoms with Gasteiger partial charge in [-0.25, -0.2) is 4.79 Å². The molecule has 0 aliphatic heterocycles. The van der Waals surface area contributed by atoms with Crippen LogP contribution in [0, 0.1) is 0 Å². The number of carbonyl (C=O) groups excluding carboxylic acids is 2. The van der Waals surface area contributed by atoms with E-state index in [0.717, 1.165) is 23.3 Å². The molecule has 0 bridgehead atoms. The molecule has 0 saturated heterocycles. The van der Waals surface area contributed by atoms with Gasteiger partial charge in [-0.05, 0) is 33.8 Å². The van der Waals surface area contributed by atoms with E-state index in [9.17, 15) is 9.59 Å². The predicted octanol–water partition coefficient (Wildman–Crippen LogP) is 5.34. The van der Waals surface area contributed by atoms with Crippen LogP contribution in [-0.2, 0) is 16.1 Å². The molecule has 2 aromatic carbocycles. The third-order valence-electron chi connectivity index (χ3n) is 4.98. The summed E-state index contributed by atoms with van der Waals surface area (Å²) < 4.78 is 6.21. The molecule has 0 unspecified atom stereocenters. The van der Waals surface area contributed by atoms with Crippen LogP contribution < -0.4 is 0 Å². The van der Waals surface area contributed by atoms with Crippen molar-refractivity contribution in [2.45, 2.75) is 34.2 Å². The molecule has 0 N–H and O–H groups in total.